The van der Waals surface area contributed by atoms with Crippen LogP contribution in [-0.4, -0.2) is 38.6 Å². The Bertz CT molecular complexity index is 2350. The Kier molecular flexibility index (Phi) is 8.56. The number of aliphatic imine (C=N–C) groups is 2. The van der Waals surface area contributed by atoms with E-state index in [1.807, 2.05) is 32.0 Å². The van der Waals surface area contributed by atoms with E-state index in [9.17, 15) is 0 Å². The molecule has 0 aliphatic carbocycles. The molecule has 6 heteroatoms. The van der Waals surface area contributed by atoms with Crippen molar-refractivity contribution in [3.05, 3.63) is 186 Å². The van der Waals surface area contributed by atoms with Crippen LogP contribution in [-0.2, 0) is 0 Å². The number of benzene rings is 5. The van der Waals surface area contributed by atoms with E-state index in [-0.39, 0.29) is 6.17 Å². The lowest BCUT2D eigenvalue weighted by molar-refractivity contribution is 0.383. The number of aryl methyl sites for hydroxylation is 2. The minimum atomic E-state index is -0.236. The van der Waals surface area contributed by atoms with Gasteiger partial charge >= 0.3 is 0 Å². The van der Waals surface area contributed by atoms with Crippen molar-refractivity contribution in [2.75, 3.05) is 7.05 Å². The van der Waals surface area contributed by atoms with Crippen LogP contribution in [0.3, 0.4) is 0 Å². The van der Waals surface area contributed by atoms with Gasteiger partial charge in [0.15, 0.2) is 5.84 Å². The SMILES string of the molecule is Cc1cc(-c2ccc(-c3cc(C4=NC(c5ccccc5)N(C)C(c5ccccc5)=N4)cc(-c4ccc(-c5ccncn5)cc4)c3)cc2)cc(C)n1. The predicted molar refractivity (Wildman–Crippen MR) is 208 cm³/mol. The maximum Gasteiger partial charge on any atom is 0.159 e. The molecule has 7 aromatic rings. The molecule has 5 aromatic carbocycles. The second kappa shape index (κ2) is 13.8. The number of amidine groups is 2. The molecule has 1 aliphatic heterocycles. The van der Waals surface area contributed by atoms with E-state index in [2.05, 4.69) is 154 Å². The third-order valence-electron chi connectivity index (χ3n) is 9.21. The zero-order valence-electron chi connectivity index (χ0n) is 28.8. The third kappa shape index (κ3) is 6.72. The van der Waals surface area contributed by atoms with Gasteiger partial charge in [0.25, 0.3) is 0 Å². The van der Waals surface area contributed by atoms with E-state index in [4.69, 9.17) is 9.98 Å². The van der Waals surface area contributed by atoms with Gasteiger partial charge in [-0.25, -0.2) is 20.0 Å². The summed E-state index contributed by atoms with van der Waals surface area (Å²) in [7, 11) is 2.07. The van der Waals surface area contributed by atoms with Crippen molar-refractivity contribution in [1.29, 1.82) is 0 Å². The van der Waals surface area contributed by atoms with Gasteiger partial charge in [0.05, 0.1) is 5.69 Å². The Morgan fingerprint density at radius 2 is 1.04 bits per heavy atom. The van der Waals surface area contributed by atoms with E-state index in [1.54, 1.807) is 12.5 Å². The van der Waals surface area contributed by atoms with Gasteiger partial charge in [-0.1, -0.05) is 109 Å². The van der Waals surface area contributed by atoms with Gasteiger partial charge in [0.1, 0.15) is 18.3 Å². The van der Waals surface area contributed by atoms with E-state index in [1.165, 1.54) is 5.56 Å². The summed E-state index contributed by atoms with van der Waals surface area (Å²) in [6.45, 7) is 4.08. The number of nitrogens with zero attached hydrogens (tertiary/aromatic N) is 6. The number of aromatic nitrogens is 3. The fourth-order valence-corrected chi connectivity index (χ4v) is 6.69. The Labute approximate surface area is 298 Å². The summed E-state index contributed by atoms with van der Waals surface area (Å²) >= 11 is 0. The van der Waals surface area contributed by atoms with Crippen molar-refractivity contribution >= 4 is 11.7 Å². The molecule has 0 radical (unpaired) electrons. The summed E-state index contributed by atoms with van der Waals surface area (Å²) in [5.41, 5.74) is 13.8. The highest BCUT2D eigenvalue weighted by molar-refractivity contribution is 6.13. The van der Waals surface area contributed by atoms with Crippen LogP contribution in [0.2, 0.25) is 0 Å². The summed E-state index contributed by atoms with van der Waals surface area (Å²) in [4.78, 5) is 25.8. The molecule has 6 nitrogen and oxygen atoms in total. The fourth-order valence-electron chi connectivity index (χ4n) is 6.69. The molecule has 1 unspecified atom stereocenters. The first-order valence-corrected chi connectivity index (χ1v) is 17.1. The number of pyridine rings is 1. The van der Waals surface area contributed by atoms with E-state index in [0.717, 1.165) is 73.0 Å². The van der Waals surface area contributed by atoms with Crippen LogP contribution in [0, 0.1) is 13.8 Å². The maximum atomic E-state index is 5.31. The molecule has 2 aromatic heterocycles. The molecule has 0 saturated carbocycles. The molecule has 0 fully saturated rings. The fraction of sp³-hybridized carbons (Fsp3) is 0.0889. The lowest BCUT2D eigenvalue weighted by Gasteiger charge is -2.32. The standard InChI is InChI=1S/C45H36N6/c1-30-24-38(25-31(2)48-30)32-14-16-33(17-15-32)39-26-40(34-18-20-35(21-19-34)42-22-23-46-29-47-42)28-41(27-39)43-49-44(36-10-6-4-7-11-36)51(3)45(50-43)37-12-8-5-9-13-37/h4-29,44H,1-3H3. The van der Waals surface area contributed by atoms with Crippen molar-refractivity contribution in [3.8, 4) is 44.6 Å². The highest BCUT2D eigenvalue weighted by atomic mass is 15.3. The first-order chi connectivity index (χ1) is 25.0. The van der Waals surface area contributed by atoms with Gasteiger partial charge in [-0.3, -0.25) is 4.98 Å². The molecule has 1 aliphatic rings. The Morgan fingerprint density at radius 3 is 1.61 bits per heavy atom. The minimum absolute atomic E-state index is 0.236. The molecule has 3 heterocycles. The summed E-state index contributed by atoms with van der Waals surface area (Å²) in [5, 5.41) is 0. The average molecular weight is 661 g/mol. The maximum absolute atomic E-state index is 5.31. The molecule has 0 bridgehead atoms. The lowest BCUT2D eigenvalue weighted by atomic mass is 9.93. The molecule has 246 valence electrons. The van der Waals surface area contributed by atoms with Crippen LogP contribution in [0.5, 0.6) is 0 Å². The van der Waals surface area contributed by atoms with E-state index >= 15 is 0 Å². The van der Waals surface area contributed by atoms with Crippen LogP contribution >= 0.6 is 0 Å². The van der Waals surface area contributed by atoms with Crippen LogP contribution in [0.1, 0.15) is 34.2 Å². The van der Waals surface area contributed by atoms with Gasteiger partial charge in [0, 0.05) is 41.3 Å². The highest BCUT2D eigenvalue weighted by Gasteiger charge is 2.27. The zero-order chi connectivity index (χ0) is 34.7. The molecule has 0 spiro atoms. The summed E-state index contributed by atoms with van der Waals surface area (Å²) < 4.78 is 0. The van der Waals surface area contributed by atoms with Gasteiger partial charge in [0.2, 0.25) is 0 Å². The summed E-state index contributed by atoms with van der Waals surface area (Å²) in [6.07, 6.45) is 3.11. The molecule has 0 amide bonds. The second-order valence-electron chi connectivity index (χ2n) is 12.8. The van der Waals surface area contributed by atoms with Crippen molar-refractivity contribution in [2.24, 2.45) is 9.98 Å². The summed E-state index contributed by atoms with van der Waals surface area (Å²) in [5.74, 6) is 1.57. The smallest absolute Gasteiger partial charge is 0.159 e. The molecule has 0 N–H and O–H groups in total. The first kappa shape index (κ1) is 31.7. The monoisotopic (exact) mass is 660 g/mol. The summed E-state index contributed by atoms with van der Waals surface area (Å²) in [6, 6.07) is 51.0. The van der Waals surface area contributed by atoms with Crippen molar-refractivity contribution < 1.29 is 0 Å². The molecular weight excluding hydrogens is 625 g/mol. The average Bonchev–Trinajstić information content (AvgIpc) is 3.18. The van der Waals surface area contributed by atoms with Crippen LogP contribution in [0.25, 0.3) is 44.6 Å². The number of rotatable bonds is 7. The predicted octanol–water partition coefficient (Wildman–Crippen LogP) is 9.99. The third-order valence-corrected chi connectivity index (χ3v) is 9.21. The lowest BCUT2D eigenvalue weighted by Crippen LogP contribution is -2.35. The highest BCUT2D eigenvalue weighted by Crippen LogP contribution is 2.34. The number of hydrogen-bond acceptors (Lipinski definition) is 6. The largest absolute Gasteiger partial charge is 0.333 e. The first-order valence-electron chi connectivity index (χ1n) is 17.1. The Balaban J connectivity index is 1.26. The Morgan fingerprint density at radius 1 is 0.510 bits per heavy atom. The van der Waals surface area contributed by atoms with Gasteiger partial charge in [-0.05, 0) is 89.2 Å². The molecular formula is C45H36N6. The molecule has 1 atom stereocenters. The van der Waals surface area contributed by atoms with E-state index < -0.39 is 0 Å². The van der Waals surface area contributed by atoms with Crippen molar-refractivity contribution in [1.82, 2.24) is 19.9 Å². The van der Waals surface area contributed by atoms with Crippen molar-refractivity contribution in [3.63, 3.8) is 0 Å². The Hall–Kier alpha value is -6.53. The normalized spacial score (nSPS) is 14.2. The van der Waals surface area contributed by atoms with Gasteiger partial charge < -0.3 is 4.90 Å². The van der Waals surface area contributed by atoms with Crippen LogP contribution in [0.4, 0.5) is 0 Å². The second-order valence-corrected chi connectivity index (χ2v) is 12.8. The topological polar surface area (TPSA) is 66.6 Å². The van der Waals surface area contributed by atoms with Gasteiger partial charge in [-0.15, -0.1) is 0 Å². The minimum Gasteiger partial charge on any atom is -0.333 e. The quantitative estimate of drug-likeness (QED) is 0.171. The molecule has 8 rings (SSSR count). The van der Waals surface area contributed by atoms with E-state index in [0.29, 0.717) is 5.84 Å². The number of hydrogen-bond donors (Lipinski definition) is 0. The molecule has 0 saturated heterocycles. The van der Waals surface area contributed by atoms with Crippen molar-refractivity contribution in [2.45, 2.75) is 20.0 Å². The van der Waals surface area contributed by atoms with Crippen LogP contribution < -0.4 is 0 Å². The zero-order valence-corrected chi connectivity index (χ0v) is 28.8. The van der Waals surface area contributed by atoms with Crippen LogP contribution in [0.15, 0.2) is 168 Å². The van der Waals surface area contributed by atoms with Gasteiger partial charge in [-0.2, -0.15) is 0 Å². The molecule has 51 heavy (non-hydrogen) atoms.